The van der Waals surface area contributed by atoms with Crippen molar-refractivity contribution in [1.82, 2.24) is 10.2 Å². The van der Waals surface area contributed by atoms with Crippen LogP contribution in [-0.4, -0.2) is 35.5 Å². The van der Waals surface area contributed by atoms with Crippen molar-refractivity contribution in [3.63, 3.8) is 0 Å². The second kappa shape index (κ2) is 6.74. The highest BCUT2D eigenvalue weighted by atomic mass is 32.2. The molecule has 0 bridgehead atoms. The number of para-hydroxylation sites is 1. The monoisotopic (exact) mass is 381 g/mol. The summed E-state index contributed by atoms with van der Waals surface area (Å²) in [5, 5.41) is 5.62. The predicted octanol–water partition coefficient (Wildman–Crippen LogP) is 2.74. The normalized spacial score (nSPS) is 20.7. The van der Waals surface area contributed by atoms with Crippen LogP contribution >= 0.6 is 11.8 Å². The van der Waals surface area contributed by atoms with Crippen molar-refractivity contribution >= 4 is 35.3 Å². The topological polar surface area (TPSA) is 78.5 Å². The summed E-state index contributed by atoms with van der Waals surface area (Å²) in [5.74, 6) is -0.755. The smallest absolute Gasteiger partial charge is 0.324 e. The average molecular weight is 381 g/mol. The number of nitrogens with one attached hydrogen (secondary N) is 2. The molecular formula is C20H19N3O3S. The Morgan fingerprint density at radius 1 is 1.19 bits per heavy atom. The Balaban J connectivity index is 1.53. The molecule has 4 rings (SSSR count). The van der Waals surface area contributed by atoms with Gasteiger partial charge in [-0.25, -0.2) is 4.79 Å². The molecule has 0 radical (unpaired) electrons. The average Bonchev–Trinajstić information content (AvgIpc) is 3.16. The summed E-state index contributed by atoms with van der Waals surface area (Å²) in [4.78, 5) is 40.0. The highest BCUT2D eigenvalue weighted by Gasteiger charge is 2.55. The van der Waals surface area contributed by atoms with E-state index in [4.69, 9.17) is 0 Å². The molecule has 1 fully saturated rings. The number of benzene rings is 2. The fraction of sp³-hybridized carbons (Fsp3) is 0.250. The van der Waals surface area contributed by atoms with E-state index in [9.17, 15) is 14.4 Å². The molecule has 1 aliphatic carbocycles. The van der Waals surface area contributed by atoms with Crippen LogP contribution in [0.15, 0.2) is 53.4 Å². The third-order valence-corrected chi connectivity index (χ3v) is 5.90. The number of anilines is 1. The number of aryl methyl sites for hydroxylation is 1. The lowest BCUT2D eigenvalue weighted by molar-refractivity contribution is -0.134. The second-order valence-electron chi connectivity index (χ2n) is 6.63. The maximum atomic E-state index is 13.1. The zero-order chi connectivity index (χ0) is 19.0. The van der Waals surface area contributed by atoms with Crippen LogP contribution in [0.1, 0.15) is 17.5 Å². The number of fused-ring (bicyclic) bond motifs is 2. The van der Waals surface area contributed by atoms with Crippen molar-refractivity contribution < 1.29 is 14.4 Å². The highest BCUT2D eigenvalue weighted by Crippen LogP contribution is 2.41. The first-order chi connectivity index (χ1) is 13.0. The summed E-state index contributed by atoms with van der Waals surface area (Å²) >= 11 is 1.51. The predicted molar refractivity (Wildman–Crippen MR) is 104 cm³/mol. The molecule has 138 valence electrons. The lowest BCUT2D eigenvalue weighted by atomic mass is 9.92. The number of carbonyl (C=O) groups excluding carboxylic acids is 3. The van der Waals surface area contributed by atoms with Crippen LogP contribution < -0.4 is 10.6 Å². The van der Waals surface area contributed by atoms with Gasteiger partial charge in [-0.2, -0.15) is 0 Å². The Morgan fingerprint density at radius 3 is 2.74 bits per heavy atom. The molecule has 1 saturated heterocycles. The van der Waals surface area contributed by atoms with E-state index in [1.807, 2.05) is 48.7 Å². The first-order valence-corrected chi connectivity index (χ1v) is 9.93. The standard InChI is InChI=1S/C20H19N3O3S/c1-27-16-9-5-4-8-15(16)21-17(24)12-23-18(25)20(22-19(23)26)11-10-13-6-2-3-7-14(13)20/h2-9H,10-12H2,1H3,(H,21,24)(H,22,26)/t20-/m0/s1. The SMILES string of the molecule is CSc1ccccc1NC(=O)CN1C(=O)N[C@]2(CCc3ccccc32)C1=O. The fourth-order valence-corrected chi connectivity index (χ4v) is 4.37. The van der Waals surface area contributed by atoms with Gasteiger partial charge in [-0.05, 0) is 42.4 Å². The van der Waals surface area contributed by atoms with Gasteiger partial charge in [0.15, 0.2) is 0 Å². The van der Waals surface area contributed by atoms with E-state index in [0.29, 0.717) is 12.1 Å². The van der Waals surface area contributed by atoms with E-state index in [-0.39, 0.29) is 12.5 Å². The van der Waals surface area contributed by atoms with Crippen molar-refractivity contribution in [2.24, 2.45) is 0 Å². The molecule has 1 aliphatic heterocycles. The summed E-state index contributed by atoms with van der Waals surface area (Å²) in [6, 6.07) is 14.5. The van der Waals surface area contributed by atoms with Gasteiger partial charge in [0.25, 0.3) is 5.91 Å². The first-order valence-electron chi connectivity index (χ1n) is 8.70. The van der Waals surface area contributed by atoms with E-state index < -0.39 is 17.5 Å². The third-order valence-electron chi connectivity index (χ3n) is 5.10. The number of amides is 4. The molecule has 1 spiro atoms. The van der Waals surface area contributed by atoms with E-state index in [2.05, 4.69) is 10.6 Å². The molecular weight excluding hydrogens is 362 g/mol. The Hall–Kier alpha value is -2.80. The summed E-state index contributed by atoms with van der Waals surface area (Å²) in [7, 11) is 0. The van der Waals surface area contributed by atoms with Crippen molar-refractivity contribution in [1.29, 1.82) is 0 Å². The zero-order valence-corrected chi connectivity index (χ0v) is 15.6. The molecule has 2 aromatic rings. The van der Waals surface area contributed by atoms with Gasteiger partial charge < -0.3 is 10.6 Å². The zero-order valence-electron chi connectivity index (χ0n) is 14.8. The molecule has 1 atom stereocenters. The molecule has 0 aromatic heterocycles. The van der Waals surface area contributed by atoms with Crippen molar-refractivity contribution in [2.75, 3.05) is 18.1 Å². The summed E-state index contributed by atoms with van der Waals surface area (Å²) in [6.07, 6.45) is 3.16. The highest BCUT2D eigenvalue weighted by molar-refractivity contribution is 7.98. The summed E-state index contributed by atoms with van der Waals surface area (Å²) in [6.45, 7) is -0.308. The molecule has 2 aliphatic rings. The van der Waals surface area contributed by atoms with Gasteiger partial charge in [0, 0.05) is 4.90 Å². The van der Waals surface area contributed by atoms with Gasteiger partial charge in [-0.1, -0.05) is 36.4 Å². The maximum absolute atomic E-state index is 13.1. The third kappa shape index (κ3) is 2.88. The first kappa shape index (κ1) is 17.6. The summed E-state index contributed by atoms with van der Waals surface area (Å²) < 4.78 is 0. The molecule has 1 heterocycles. The number of imide groups is 1. The Labute approximate surface area is 161 Å². The lowest BCUT2D eigenvalue weighted by Gasteiger charge is -2.22. The van der Waals surface area contributed by atoms with Crippen LogP contribution in [0.2, 0.25) is 0 Å². The van der Waals surface area contributed by atoms with Gasteiger partial charge in [0.1, 0.15) is 12.1 Å². The van der Waals surface area contributed by atoms with Gasteiger partial charge in [-0.3, -0.25) is 14.5 Å². The Morgan fingerprint density at radius 2 is 1.93 bits per heavy atom. The van der Waals surface area contributed by atoms with Gasteiger partial charge in [-0.15, -0.1) is 11.8 Å². The quantitative estimate of drug-likeness (QED) is 0.631. The maximum Gasteiger partial charge on any atom is 0.325 e. The van der Waals surface area contributed by atoms with Crippen LogP contribution in [0.25, 0.3) is 0 Å². The number of hydrogen-bond donors (Lipinski definition) is 2. The number of carbonyl (C=O) groups is 3. The molecule has 0 saturated carbocycles. The molecule has 0 unspecified atom stereocenters. The summed E-state index contributed by atoms with van der Waals surface area (Å²) in [5.41, 5.74) is 1.53. The minimum atomic E-state index is -1.04. The lowest BCUT2D eigenvalue weighted by Crippen LogP contribution is -2.43. The number of hydrogen-bond acceptors (Lipinski definition) is 4. The molecule has 2 N–H and O–H groups in total. The molecule has 2 aromatic carbocycles. The number of rotatable bonds is 4. The van der Waals surface area contributed by atoms with E-state index in [1.54, 1.807) is 6.07 Å². The Bertz CT molecular complexity index is 946. The van der Waals surface area contributed by atoms with Crippen LogP contribution in [0, 0.1) is 0 Å². The number of urea groups is 1. The molecule has 7 heteroatoms. The van der Waals surface area contributed by atoms with Crippen LogP contribution in [0.4, 0.5) is 10.5 Å². The van der Waals surface area contributed by atoms with Gasteiger partial charge >= 0.3 is 6.03 Å². The van der Waals surface area contributed by atoms with Gasteiger partial charge in [0.05, 0.1) is 5.69 Å². The largest absolute Gasteiger partial charge is 0.325 e. The van der Waals surface area contributed by atoms with Crippen LogP contribution in [0.3, 0.4) is 0 Å². The Kier molecular flexibility index (Phi) is 4.39. The molecule has 4 amide bonds. The van der Waals surface area contributed by atoms with Crippen LogP contribution in [0.5, 0.6) is 0 Å². The molecule has 6 nitrogen and oxygen atoms in total. The number of thioether (sulfide) groups is 1. The van der Waals surface area contributed by atoms with E-state index in [1.165, 1.54) is 11.8 Å². The van der Waals surface area contributed by atoms with E-state index >= 15 is 0 Å². The van der Waals surface area contributed by atoms with Gasteiger partial charge in [0.2, 0.25) is 5.91 Å². The van der Waals surface area contributed by atoms with Crippen LogP contribution in [-0.2, 0) is 21.5 Å². The molecule has 27 heavy (non-hydrogen) atoms. The fourth-order valence-electron chi connectivity index (χ4n) is 3.81. The van der Waals surface area contributed by atoms with Crippen molar-refractivity contribution in [3.05, 3.63) is 59.7 Å². The number of nitrogens with zero attached hydrogens (tertiary/aromatic N) is 1. The van der Waals surface area contributed by atoms with Crippen molar-refractivity contribution in [2.45, 2.75) is 23.3 Å². The van der Waals surface area contributed by atoms with E-state index in [0.717, 1.165) is 27.3 Å². The van der Waals surface area contributed by atoms with Crippen molar-refractivity contribution in [3.8, 4) is 0 Å². The second-order valence-corrected chi connectivity index (χ2v) is 7.48. The minimum Gasteiger partial charge on any atom is -0.324 e. The minimum absolute atomic E-state index is 0.308.